The second kappa shape index (κ2) is 3.89. The van der Waals surface area contributed by atoms with Gasteiger partial charge < -0.3 is 4.90 Å². The Morgan fingerprint density at radius 1 is 1.24 bits per heavy atom. The summed E-state index contributed by atoms with van der Waals surface area (Å²) >= 11 is 0. The molecule has 17 heavy (non-hydrogen) atoms. The third-order valence-corrected chi connectivity index (χ3v) is 3.10. The molecule has 0 bridgehead atoms. The first-order valence-electron chi connectivity index (χ1n) is 5.74. The number of nitriles is 1. The molecule has 1 amide bonds. The predicted octanol–water partition coefficient (Wildman–Crippen LogP) is 2.51. The van der Waals surface area contributed by atoms with Crippen LogP contribution < -0.4 is 0 Å². The summed E-state index contributed by atoms with van der Waals surface area (Å²) < 4.78 is 0. The molecule has 1 aliphatic heterocycles. The number of amides is 1. The molecular formula is C14H16N2O. The second-order valence-corrected chi connectivity index (χ2v) is 5.34. The number of likely N-dealkylation sites (tertiary alicyclic amines) is 1. The maximum absolute atomic E-state index is 11.9. The van der Waals surface area contributed by atoms with Gasteiger partial charge in [-0.1, -0.05) is 30.3 Å². The minimum Gasteiger partial charge on any atom is -0.328 e. The molecule has 0 unspecified atom stereocenters. The summed E-state index contributed by atoms with van der Waals surface area (Å²) in [5.41, 5.74) is 0.791. The quantitative estimate of drug-likeness (QED) is 0.693. The summed E-state index contributed by atoms with van der Waals surface area (Å²) in [6.45, 7) is 5.98. The number of rotatable bonds is 1. The monoisotopic (exact) mass is 228 g/mol. The van der Waals surface area contributed by atoms with E-state index in [1.807, 2.05) is 51.1 Å². The van der Waals surface area contributed by atoms with Crippen molar-refractivity contribution in [1.29, 1.82) is 5.26 Å². The molecule has 2 rings (SSSR count). The first kappa shape index (κ1) is 11.7. The van der Waals surface area contributed by atoms with Crippen LogP contribution in [0.2, 0.25) is 0 Å². The summed E-state index contributed by atoms with van der Waals surface area (Å²) in [6.07, 6.45) is 0. The zero-order valence-electron chi connectivity index (χ0n) is 10.3. The molecule has 88 valence electrons. The van der Waals surface area contributed by atoms with E-state index in [1.54, 1.807) is 4.90 Å². The van der Waals surface area contributed by atoms with Gasteiger partial charge in [-0.25, -0.2) is 0 Å². The summed E-state index contributed by atoms with van der Waals surface area (Å²) in [5, 5.41) is 9.07. The van der Waals surface area contributed by atoms with Crippen LogP contribution in [-0.4, -0.2) is 16.3 Å². The topological polar surface area (TPSA) is 44.1 Å². The lowest BCUT2D eigenvalue weighted by molar-refractivity contribution is -0.161. The molecule has 2 atom stereocenters. The zero-order chi connectivity index (χ0) is 12.6. The Hall–Kier alpha value is -1.82. The van der Waals surface area contributed by atoms with Crippen molar-refractivity contribution in [3.05, 3.63) is 35.9 Å². The standard InChI is InChI=1S/C14H16N2O/c1-14(2,3)16-12(11(9-15)13(16)17)10-7-5-4-6-8-10/h4-8,11-12H,1-3H3/t11-,12+/m1/s1. The minimum atomic E-state index is -0.531. The van der Waals surface area contributed by atoms with Crippen molar-refractivity contribution in [3.63, 3.8) is 0 Å². The lowest BCUT2D eigenvalue weighted by Crippen LogP contribution is -2.61. The van der Waals surface area contributed by atoms with Gasteiger partial charge >= 0.3 is 0 Å². The number of benzene rings is 1. The highest BCUT2D eigenvalue weighted by atomic mass is 16.2. The van der Waals surface area contributed by atoms with Crippen molar-refractivity contribution in [2.45, 2.75) is 32.4 Å². The summed E-state index contributed by atoms with van der Waals surface area (Å²) in [5.74, 6) is -0.592. The summed E-state index contributed by atoms with van der Waals surface area (Å²) in [4.78, 5) is 13.7. The molecule has 1 fully saturated rings. The number of carbonyl (C=O) groups is 1. The fraction of sp³-hybridized carbons (Fsp3) is 0.429. The summed E-state index contributed by atoms with van der Waals surface area (Å²) in [6, 6.07) is 11.8. The Morgan fingerprint density at radius 3 is 2.29 bits per heavy atom. The molecular weight excluding hydrogens is 212 g/mol. The Bertz CT molecular complexity index is 467. The van der Waals surface area contributed by atoms with E-state index in [-0.39, 0.29) is 17.5 Å². The largest absolute Gasteiger partial charge is 0.328 e. The van der Waals surface area contributed by atoms with Crippen LogP contribution in [-0.2, 0) is 4.79 Å². The average Bonchev–Trinajstić information content (AvgIpc) is 2.25. The maximum atomic E-state index is 11.9. The molecule has 0 spiro atoms. The van der Waals surface area contributed by atoms with E-state index in [0.717, 1.165) is 5.56 Å². The zero-order valence-corrected chi connectivity index (χ0v) is 10.3. The van der Waals surface area contributed by atoms with E-state index in [4.69, 9.17) is 5.26 Å². The molecule has 3 heteroatoms. The van der Waals surface area contributed by atoms with Crippen molar-refractivity contribution in [3.8, 4) is 6.07 Å². The van der Waals surface area contributed by atoms with Crippen LogP contribution in [0.25, 0.3) is 0 Å². The van der Waals surface area contributed by atoms with Gasteiger partial charge in [0.25, 0.3) is 0 Å². The molecule has 0 aliphatic carbocycles. The molecule has 0 N–H and O–H groups in total. The molecule has 1 heterocycles. The van der Waals surface area contributed by atoms with E-state index < -0.39 is 5.92 Å². The van der Waals surface area contributed by atoms with Gasteiger partial charge in [0.1, 0.15) is 5.92 Å². The van der Waals surface area contributed by atoms with Crippen molar-refractivity contribution in [2.75, 3.05) is 0 Å². The Morgan fingerprint density at radius 2 is 1.82 bits per heavy atom. The number of hydrogen-bond donors (Lipinski definition) is 0. The number of carbonyl (C=O) groups excluding carboxylic acids is 1. The summed E-state index contributed by atoms with van der Waals surface area (Å²) in [7, 11) is 0. The van der Waals surface area contributed by atoms with Gasteiger partial charge in [-0.05, 0) is 26.3 Å². The Labute approximate surface area is 102 Å². The first-order valence-corrected chi connectivity index (χ1v) is 5.74. The fourth-order valence-corrected chi connectivity index (χ4v) is 2.35. The maximum Gasteiger partial charge on any atom is 0.243 e. The van der Waals surface area contributed by atoms with Crippen molar-refractivity contribution >= 4 is 5.91 Å². The van der Waals surface area contributed by atoms with Crippen molar-refractivity contribution in [2.24, 2.45) is 5.92 Å². The predicted molar refractivity (Wildman–Crippen MR) is 64.9 cm³/mol. The van der Waals surface area contributed by atoms with Crippen LogP contribution in [0.4, 0.5) is 0 Å². The van der Waals surface area contributed by atoms with Gasteiger partial charge in [0.15, 0.2) is 0 Å². The third-order valence-electron chi connectivity index (χ3n) is 3.10. The molecule has 1 aromatic carbocycles. The van der Waals surface area contributed by atoms with Gasteiger partial charge in [-0.15, -0.1) is 0 Å². The van der Waals surface area contributed by atoms with Crippen LogP contribution >= 0.6 is 0 Å². The second-order valence-electron chi connectivity index (χ2n) is 5.34. The lowest BCUT2D eigenvalue weighted by atomic mass is 9.79. The highest BCUT2D eigenvalue weighted by Gasteiger charge is 2.52. The minimum absolute atomic E-state index is 0.0612. The SMILES string of the molecule is CC(C)(C)N1C(=O)[C@H](C#N)[C@@H]1c1ccccc1. The highest BCUT2D eigenvalue weighted by Crippen LogP contribution is 2.44. The Balaban J connectivity index is 2.37. The Kier molecular flexibility index (Phi) is 2.66. The number of hydrogen-bond acceptors (Lipinski definition) is 2. The molecule has 1 aromatic rings. The van der Waals surface area contributed by atoms with Crippen LogP contribution in [0.15, 0.2) is 30.3 Å². The van der Waals surface area contributed by atoms with Gasteiger partial charge in [-0.2, -0.15) is 5.26 Å². The smallest absolute Gasteiger partial charge is 0.243 e. The van der Waals surface area contributed by atoms with Gasteiger partial charge in [-0.3, -0.25) is 4.79 Å². The van der Waals surface area contributed by atoms with E-state index in [1.165, 1.54) is 0 Å². The molecule has 3 nitrogen and oxygen atoms in total. The van der Waals surface area contributed by atoms with E-state index >= 15 is 0 Å². The van der Waals surface area contributed by atoms with Crippen LogP contribution in [0.1, 0.15) is 32.4 Å². The first-order chi connectivity index (χ1) is 7.96. The third kappa shape index (κ3) is 1.80. The van der Waals surface area contributed by atoms with Gasteiger partial charge in [0.2, 0.25) is 5.91 Å². The van der Waals surface area contributed by atoms with Crippen molar-refractivity contribution < 1.29 is 4.79 Å². The molecule has 0 radical (unpaired) electrons. The number of β-lactam (4-membered cyclic amide) rings is 1. The van der Waals surface area contributed by atoms with E-state index in [9.17, 15) is 4.79 Å². The molecule has 0 saturated carbocycles. The van der Waals surface area contributed by atoms with E-state index in [0.29, 0.717) is 0 Å². The normalized spacial score (nSPS) is 24.1. The average molecular weight is 228 g/mol. The molecule has 0 aromatic heterocycles. The lowest BCUT2D eigenvalue weighted by Gasteiger charge is -2.51. The molecule has 1 saturated heterocycles. The van der Waals surface area contributed by atoms with Gasteiger partial charge in [0.05, 0.1) is 12.1 Å². The fourth-order valence-electron chi connectivity index (χ4n) is 2.35. The highest BCUT2D eigenvalue weighted by molar-refractivity contribution is 5.89. The van der Waals surface area contributed by atoms with Crippen LogP contribution in [0, 0.1) is 17.2 Å². The van der Waals surface area contributed by atoms with E-state index in [2.05, 4.69) is 6.07 Å². The van der Waals surface area contributed by atoms with Crippen molar-refractivity contribution in [1.82, 2.24) is 4.90 Å². The molecule has 1 aliphatic rings. The van der Waals surface area contributed by atoms with Crippen LogP contribution in [0.3, 0.4) is 0 Å². The number of nitrogens with zero attached hydrogens (tertiary/aromatic N) is 2. The van der Waals surface area contributed by atoms with Crippen LogP contribution in [0.5, 0.6) is 0 Å². The van der Waals surface area contributed by atoms with Gasteiger partial charge in [0, 0.05) is 5.54 Å².